The highest BCUT2D eigenvalue weighted by Gasteiger charge is 2.34. The average Bonchev–Trinajstić information content (AvgIpc) is 2.12. The van der Waals surface area contributed by atoms with Crippen molar-refractivity contribution in [1.29, 1.82) is 0 Å². The van der Waals surface area contributed by atoms with E-state index < -0.39 is 11.4 Å². The minimum Gasteiger partial charge on any atom is -0.160 e. The van der Waals surface area contributed by atoms with Crippen molar-refractivity contribution < 1.29 is 4.55 Å². The van der Waals surface area contributed by atoms with Crippen molar-refractivity contribution in [2.45, 2.75) is 25.5 Å². The summed E-state index contributed by atoms with van der Waals surface area (Å²) in [7, 11) is 0. The molecule has 0 saturated heterocycles. The molecular weight excluding hydrogens is 274 g/mol. The Bertz CT molecular complexity index is 360. The summed E-state index contributed by atoms with van der Waals surface area (Å²) in [6.07, 6.45) is 1.71. The summed E-state index contributed by atoms with van der Waals surface area (Å²) in [6, 6.07) is 7.81. The summed E-state index contributed by atoms with van der Waals surface area (Å²) in [6.45, 7) is 5.90. The van der Waals surface area contributed by atoms with Crippen molar-refractivity contribution in [2.24, 2.45) is 4.40 Å². The van der Waals surface area contributed by atoms with Gasteiger partial charge < -0.3 is 0 Å². The predicted molar refractivity (Wildman–Crippen MR) is 71.5 cm³/mol. The van der Waals surface area contributed by atoms with Crippen molar-refractivity contribution in [2.75, 3.05) is 0 Å². The topological polar surface area (TPSA) is 32.6 Å². The second-order valence-electron chi connectivity index (χ2n) is 4.17. The van der Waals surface area contributed by atoms with Gasteiger partial charge in [0.05, 0.1) is 6.21 Å². The summed E-state index contributed by atoms with van der Waals surface area (Å²) in [5.41, 5.74) is 0.986. The number of hydrogen-bond acceptors (Lipinski definition) is 2. The molecule has 0 amide bonds. The lowest BCUT2D eigenvalue weighted by Crippen LogP contribution is -2.25. The second-order valence-corrected chi connectivity index (χ2v) is 7.05. The molecule has 1 aromatic carbocycles. The van der Waals surface area contributed by atoms with E-state index in [2.05, 4.69) is 20.3 Å². The van der Waals surface area contributed by atoms with Crippen molar-refractivity contribution >= 4 is 33.5 Å². The lowest BCUT2D eigenvalue weighted by Gasteiger charge is -2.07. The van der Waals surface area contributed by atoms with Crippen LogP contribution < -0.4 is 0 Å². The normalized spacial score (nSPS) is 14.5. The zero-order chi connectivity index (χ0) is 11.5. The van der Waals surface area contributed by atoms with E-state index in [-0.39, 0.29) is 4.75 Å². The van der Waals surface area contributed by atoms with E-state index >= 15 is 0 Å². The lowest BCUT2D eigenvalue weighted by molar-refractivity contribution is 0.597. The molecule has 0 fully saturated rings. The van der Waals surface area contributed by atoms with Crippen LogP contribution in [0.5, 0.6) is 0 Å². The van der Waals surface area contributed by atoms with Gasteiger partial charge in [0.15, 0.2) is 4.75 Å². The smallest absolute Gasteiger partial charge is 0.160 e. The van der Waals surface area contributed by atoms with Crippen LogP contribution in [0.2, 0.25) is 0 Å². The molecule has 4 heteroatoms. The molecule has 0 bridgehead atoms. The lowest BCUT2D eigenvalue weighted by atomic mass is 10.2. The third-order valence-electron chi connectivity index (χ3n) is 1.70. The Morgan fingerprint density at radius 2 is 2.07 bits per heavy atom. The number of hydrogen-bond donors (Lipinski definition) is 1. The van der Waals surface area contributed by atoms with E-state index in [0.717, 1.165) is 10.0 Å². The van der Waals surface area contributed by atoms with E-state index in [9.17, 15) is 4.55 Å². The van der Waals surface area contributed by atoms with Crippen LogP contribution in [-0.4, -0.2) is 15.5 Å². The minimum absolute atomic E-state index is 0.192. The van der Waals surface area contributed by atoms with Gasteiger partial charge in [-0.15, -0.1) is 0 Å². The molecule has 2 nitrogen and oxygen atoms in total. The SMILES string of the molecule is CC(C)(C)[S+](O)N=Cc1cccc(Br)c1. The zero-order valence-electron chi connectivity index (χ0n) is 9.07. The summed E-state index contributed by atoms with van der Waals surface area (Å²) in [4.78, 5) is 0. The van der Waals surface area contributed by atoms with Crippen molar-refractivity contribution in [3.8, 4) is 0 Å². The molecule has 1 atom stereocenters. The molecule has 0 heterocycles. The Morgan fingerprint density at radius 3 is 2.60 bits per heavy atom. The number of halogens is 1. The zero-order valence-corrected chi connectivity index (χ0v) is 11.5. The molecular formula is C11H15BrNOS+. The summed E-state index contributed by atoms with van der Waals surface area (Å²) in [5, 5.41) is 0. The Balaban J connectivity index is 2.74. The molecule has 0 spiro atoms. The van der Waals surface area contributed by atoms with Gasteiger partial charge in [0.25, 0.3) is 11.4 Å². The monoisotopic (exact) mass is 288 g/mol. The van der Waals surface area contributed by atoms with Gasteiger partial charge >= 0.3 is 0 Å². The maximum atomic E-state index is 9.73. The fourth-order valence-corrected chi connectivity index (χ4v) is 1.81. The molecule has 0 saturated carbocycles. The first-order valence-electron chi connectivity index (χ1n) is 4.63. The fourth-order valence-electron chi connectivity index (χ4n) is 0.856. The van der Waals surface area contributed by atoms with Gasteiger partial charge in [-0.25, -0.2) is 0 Å². The summed E-state index contributed by atoms with van der Waals surface area (Å²) in [5.74, 6) is 0. The maximum Gasteiger partial charge on any atom is 0.294 e. The third-order valence-corrected chi connectivity index (χ3v) is 3.59. The maximum absolute atomic E-state index is 9.73. The van der Waals surface area contributed by atoms with Crippen LogP contribution in [0, 0.1) is 0 Å². The quantitative estimate of drug-likeness (QED) is 0.654. The average molecular weight is 289 g/mol. The van der Waals surface area contributed by atoms with Crippen LogP contribution in [-0.2, 0) is 11.4 Å². The van der Waals surface area contributed by atoms with E-state index in [4.69, 9.17) is 0 Å². The van der Waals surface area contributed by atoms with Crippen LogP contribution in [0.25, 0.3) is 0 Å². The third kappa shape index (κ3) is 4.36. The molecule has 15 heavy (non-hydrogen) atoms. The highest BCUT2D eigenvalue weighted by molar-refractivity contribution is 9.10. The highest BCUT2D eigenvalue weighted by atomic mass is 79.9. The Hall–Kier alpha value is -0.320. The van der Waals surface area contributed by atoms with Gasteiger partial charge in [0, 0.05) is 4.47 Å². The summed E-state index contributed by atoms with van der Waals surface area (Å²) >= 11 is 2.45. The highest BCUT2D eigenvalue weighted by Crippen LogP contribution is 2.17. The second kappa shape index (κ2) is 5.14. The van der Waals surface area contributed by atoms with Gasteiger partial charge in [0.2, 0.25) is 0 Å². The van der Waals surface area contributed by atoms with Gasteiger partial charge in [0.1, 0.15) is 0 Å². The largest absolute Gasteiger partial charge is 0.294 e. The van der Waals surface area contributed by atoms with Crippen molar-refractivity contribution in [1.82, 2.24) is 0 Å². The van der Waals surface area contributed by atoms with E-state index in [1.807, 2.05) is 45.0 Å². The standard InChI is InChI=1S/C11H15BrNOS/c1-11(2,3)15(14)13-8-9-5-4-6-10(12)7-9/h4-8,14H,1-3H3/q+1. The molecule has 0 aliphatic carbocycles. The first kappa shape index (κ1) is 12.7. The minimum atomic E-state index is -0.940. The van der Waals surface area contributed by atoms with Gasteiger partial charge in [-0.1, -0.05) is 28.1 Å². The molecule has 1 unspecified atom stereocenters. The number of rotatable bonds is 2. The fraction of sp³-hybridized carbons (Fsp3) is 0.364. The van der Waals surface area contributed by atoms with E-state index in [1.165, 1.54) is 0 Å². The molecule has 0 radical (unpaired) electrons. The summed E-state index contributed by atoms with van der Waals surface area (Å²) < 4.78 is 14.7. The van der Waals surface area contributed by atoms with Gasteiger partial charge in [-0.3, -0.25) is 0 Å². The van der Waals surface area contributed by atoms with Crippen LogP contribution in [0.15, 0.2) is 33.1 Å². The van der Waals surface area contributed by atoms with Gasteiger partial charge in [-0.05, 0) is 42.9 Å². The Kier molecular flexibility index (Phi) is 4.37. The first-order valence-corrected chi connectivity index (χ1v) is 6.56. The molecule has 1 N–H and O–H groups in total. The number of benzene rings is 1. The van der Waals surface area contributed by atoms with E-state index in [1.54, 1.807) is 6.21 Å². The predicted octanol–water partition coefficient (Wildman–Crippen LogP) is 3.67. The first-order chi connectivity index (χ1) is 6.89. The molecule has 0 aliphatic heterocycles. The molecule has 82 valence electrons. The molecule has 0 aromatic heterocycles. The Labute approximate surface area is 102 Å². The van der Waals surface area contributed by atoms with Crippen LogP contribution in [0.4, 0.5) is 0 Å². The van der Waals surface area contributed by atoms with Crippen LogP contribution in [0.1, 0.15) is 26.3 Å². The van der Waals surface area contributed by atoms with Crippen molar-refractivity contribution in [3.05, 3.63) is 34.3 Å². The number of nitrogens with zero attached hydrogens (tertiary/aromatic N) is 1. The van der Waals surface area contributed by atoms with Crippen LogP contribution in [0.3, 0.4) is 0 Å². The molecule has 1 aromatic rings. The molecule has 1 rings (SSSR count). The molecule has 0 aliphatic rings. The van der Waals surface area contributed by atoms with Crippen LogP contribution >= 0.6 is 15.9 Å². The van der Waals surface area contributed by atoms with Gasteiger partial charge in [-0.2, -0.15) is 4.55 Å². The van der Waals surface area contributed by atoms with E-state index in [0.29, 0.717) is 0 Å². The Morgan fingerprint density at radius 1 is 1.40 bits per heavy atom. The van der Waals surface area contributed by atoms with Crippen molar-refractivity contribution in [3.63, 3.8) is 0 Å².